The monoisotopic (exact) mass is 270 g/mol. The summed E-state index contributed by atoms with van der Waals surface area (Å²) in [4.78, 5) is 18.0. The summed E-state index contributed by atoms with van der Waals surface area (Å²) >= 11 is 5.75. The molecule has 6 nitrogen and oxygen atoms in total. The molecule has 0 spiro atoms. The van der Waals surface area contributed by atoms with Crippen LogP contribution in [0.25, 0.3) is 0 Å². The summed E-state index contributed by atoms with van der Waals surface area (Å²) in [5.41, 5.74) is -0.397. The lowest BCUT2D eigenvalue weighted by Gasteiger charge is -2.34. The summed E-state index contributed by atoms with van der Waals surface area (Å²) < 4.78 is 0. The highest BCUT2D eigenvalue weighted by Crippen LogP contribution is 2.35. The predicted octanol–water partition coefficient (Wildman–Crippen LogP) is 3.17. The van der Waals surface area contributed by atoms with Crippen molar-refractivity contribution in [2.45, 2.75) is 44.6 Å². The number of nitrogens with one attached hydrogen (secondary N) is 1. The van der Waals surface area contributed by atoms with E-state index in [4.69, 9.17) is 11.6 Å². The fourth-order valence-electron chi connectivity index (χ4n) is 2.35. The van der Waals surface area contributed by atoms with Crippen molar-refractivity contribution < 1.29 is 4.92 Å². The van der Waals surface area contributed by atoms with Crippen LogP contribution in [0.5, 0.6) is 0 Å². The smallest absolute Gasteiger partial charge is 0.348 e. The largest absolute Gasteiger partial charge is 0.359 e. The van der Waals surface area contributed by atoms with E-state index in [0.29, 0.717) is 0 Å². The molecule has 1 saturated carbocycles. The summed E-state index contributed by atoms with van der Waals surface area (Å²) in [6, 6.07) is 0. The number of aromatic nitrogens is 2. The van der Waals surface area contributed by atoms with E-state index in [1.54, 1.807) is 0 Å². The second-order valence-electron chi connectivity index (χ2n) is 4.87. The van der Waals surface area contributed by atoms with Crippen LogP contribution in [0, 0.1) is 10.1 Å². The minimum Gasteiger partial charge on any atom is -0.359 e. The SMILES string of the molecule is CC1(Nc2ncnc(Cl)c2[N+](=O)[O-])CCCCC1. The molecule has 0 radical (unpaired) electrons. The molecule has 0 saturated heterocycles. The zero-order valence-electron chi connectivity index (χ0n) is 10.1. The maximum atomic E-state index is 11.0. The van der Waals surface area contributed by atoms with Crippen LogP contribution >= 0.6 is 11.6 Å². The van der Waals surface area contributed by atoms with Gasteiger partial charge in [-0.1, -0.05) is 30.9 Å². The van der Waals surface area contributed by atoms with Crippen molar-refractivity contribution in [1.82, 2.24) is 9.97 Å². The van der Waals surface area contributed by atoms with Crippen LogP contribution in [-0.2, 0) is 0 Å². The molecule has 7 heteroatoms. The molecule has 2 rings (SSSR count). The van der Waals surface area contributed by atoms with E-state index >= 15 is 0 Å². The number of nitro groups is 1. The van der Waals surface area contributed by atoms with Gasteiger partial charge in [0.15, 0.2) is 0 Å². The van der Waals surface area contributed by atoms with Crippen LogP contribution in [0.2, 0.25) is 5.15 Å². The van der Waals surface area contributed by atoms with Gasteiger partial charge in [0.2, 0.25) is 11.0 Å². The third-order valence-corrected chi connectivity index (χ3v) is 3.61. The lowest BCUT2D eigenvalue weighted by Crippen LogP contribution is -2.37. The second-order valence-corrected chi connectivity index (χ2v) is 5.22. The van der Waals surface area contributed by atoms with Gasteiger partial charge >= 0.3 is 5.69 Å². The molecule has 1 N–H and O–H groups in total. The van der Waals surface area contributed by atoms with Crippen molar-refractivity contribution in [3.05, 3.63) is 21.6 Å². The van der Waals surface area contributed by atoms with E-state index in [1.807, 2.05) is 0 Å². The van der Waals surface area contributed by atoms with E-state index in [9.17, 15) is 10.1 Å². The van der Waals surface area contributed by atoms with Crippen molar-refractivity contribution in [2.75, 3.05) is 5.32 Å². The summed E-state index contributed by atoms with van der Waals surface area (Å²) in [7, 11) is 0. The van der Waals surface area contributed by atoms with Gasteiger partial charge in [0.1, 0.15) is 6.33 Å². The molecule has 1 aromatic heterocycles. The van der Waals surface area contributed by atoms with Gasteiger partial charge < -0.3 is 5.32 Å². The number of halogens is 1. The molecule has 0 amide bonds. The first-order valence-corrected chi connectivity index (χ1v) is 6.33. The molecule has 98 valence electrons. The first kappa shape index (κ1) is 13.0. The first-order chi connectivity index (χ1) is 8.52. The number of nitrogens with zero attached hydrogens (tertiary/aromatic N) is 3. The molecule has 0 atom stereocenters. The fraction of sp³-hybridized carbons (Fsp3) is 0.636. The normalized spacial score (nSPS) is 18.3. The molecule has 1 aromatic rings. The molecule has 1 aliphatic rings. The maximum absolute atomic E-state index is 11.0. The maximum Gasteiger partial charge on any atom is 0.348 e. The molecule has 1 aliphatic carbocycles. The predicted molar refractivity (Wildman–Crippen MR) is 68.8 cm³/mol. The van der Waals surface area contributed by atoms with Crippen LogP contribution in [0.4, 0.5) is 11.5 Å². The lowest BCUT2D eigenvalue weighted by atomic mass is 9.83. The van der Waals surface area contributed by atoms with Gasteiger partial charge in [-0.2, -0.15) is 0 Å². The topological polar surface area (TPSA) is 81.0 Å². The Labute approximate surface area is 110 Å². The van der Waals surface area contributed by atoms with Crippen LogP contribution in [0.15, 0.2) is 6.33 Å². The molecule has 0 aromatic carbocycles. The minimum absolute atomic E-state index is 0.128. The van der Waals surface area contributed by atoms with Gasteiger partial charge in [0.05, 0.1) is 4.92 Å². The lowest BCUT2D eigenvalue weighted by molar-refractivity contribution is -0.384. The zero-order chi connectivity index (χ0) is 13.2. The van der Waals surface area contributed by atoms with E-state index in [2.05, 4.69) is 22.2 Å². The second kappa shape index (κ2) is 5.06. The Kier molecular flexibility index (Phi) is 3.65. The van der Waals surface area contributed by atoms with Gasteiger partial charge in [0.25, 0.3) is 0 Å². The Morgan fingerprint density at radius 2 is 2.06 bits per heavy atom. The number of anilines is 1. The average Bonchev–Trinajstić information content (AvgIpc) is 2.28. The summed E-state index contributed by atoms with van der Waals surface area (Å²) in [6.45, 7) is 2.06. The van der Waals surface area contributed by atoms with Crippen molar-refractivity contribution in [2.24, 2.45) is 0 Å². The Balaban J connectivity index is 2.28. The highest BCUT2D eigenvalue weighted by atomic mass is 35.5. The fourth-order valence-corrected chi connectivity index (χ4v) is 2.56. The Morgan fingerprint density at radius 3 is 2.67 bits per heavy atom. The molecular weight excluding hydrogens is 256 g/mol. The van der Waals surface area contributed by atoms with E-state index in [1.165, 1.54) is 12.7 Å². The molecule has 0 unspecified atom stereocenters. The Hall–Kier alpha value is -1.43. The molecule has 1 heterocycles. The average molecular weight is 271 g/mol. The third kappa shape index (κ3) is 2.69. The highest BCUT2D eigenvalue weighted by Gasteiger charge is 2.31. The molecular formula is C11H15ClN4O2. The molecule has 18 heavy (non-hydrogen) atoms. The Morgan fingerprint density at radius 1 is 1.39 bits per heavy atom. The van der Waals surface area contributed by atoms with Crippen molar-refractivity contribution in [1.29, 1.82) is 0 Å². The van der Waals surface area contributed by atoms with Gasteiger partial charge in [0, 0.05) is 5.54 Å². The van der Waals surface area contributed by atoms with Gasteiger partial charge in [-0.05, 0) is 19.8 Å². The summed E-state index contributed by atoms with van der Waals surface area (Å²) in [5.74, 6) is 0.212. The quantitative estimate of drug-likeness (QED) is 0.518. The Bertz CT molecular complexity index is 460. The minimum atomic E-state index is -0.545. The summed E-state index contributed by atoms with van der Waals surface area (Å²) in [5, 5.41) is 14.0. The van der Waals surface area contributed by atoms with Gasteiger partial charge in [-0.3, -0.25) is 10.1 Å². The van der Waals surface area contributed by atoms with Crippen molar-refractivity contribution in [3.63, 3.8) is 0 Å². The van der Waals surface area contributed by atoms with Crippen LogP contribution in [-0.4, -0.2) is 20.4 Å². The van der Waals surface area contributed by atoms with Crippen LogP contribution < -0.4 is 5.32 Å². The van der Waals surface area contributed by atoms with Crippen LogP contribution in [0.1, 0.15) is 39.0 Å². The van der Waals surface area contributed by atoms with Gasteiger partial charge in [-0.15, -0.1) is 0 Å². The highest BCUT2D eigenvalue weighted by molar-refractivity contribution is 6.31. The van der Waals surface area contributed by atoms with E-state index in [0.717, 1.165) is 25.7 Å². The molecule has 1 fully saturated rings. The molecule has 0 bridgehead atoms. The number of hydrogen-bond donors (Lipinski definition) is 1. The third-order valence-electron chi connectivity index (χ3n) is 3.34. The van der Waals surface area contributed by atoms with Gasteiger partial charge in [-0.25, -0.2) is 9.97 Å². The van der Waals surface area contributed by atoms with Crippen molar-refractivity contribution in [3.8, 4) is 0 Å². The first-order valence-electron chi connectivity index (χ1n) is 5.95. The zero-order valence-corrected chi connectivity index (χ0v) is 10.9. The van der Waals surface area contributed by atoms with E-state index < -0.39 is 4.92 Å². The summed E-state index contributed by atoms with van der Waals surface area (Å²) in [6.07, 6.45) is 6.65. The van der Waals surface area contributed by atoms with E-state index in [-0.39, 0.29) is 22.2 Å². The molecule has 0 aliphatic heterocycles. The number of hydrogen-bond acceptors (Lipinski definition) is 5. The van der Waals surface area contributed by atoms with Crippen molar-refractivity contribution >= 4 is 23.1 Å². The number of rotatable bonds is 3. The standard InChI is InChI=1S/C11H15ClN4O2/c1-11(5-3-2-4-6-11)15-10-8(16(17)18)9(12)13-7-14-10/h7H,2-6H2,1H3,(H,13,14,15). The van der Waals surface area contributed by atoms with Crippen LogP contribution in [0.3, 0.4) is 0 Å².